The number of benzene rings is 1. The molecule has 0 aliphatic carbocycles. The van der Waals surface area contributed by atoms with E-state index in [4.69, 9.17) is 5.73 Å². The summed E-state index contributed by atoms with van der Waals surface area (Å²) < 4.78 is 61.2. The molecule has 0 atom stereocenters. The zero-order chi connectivity index (χ0) is 16.1. The summed E-state index contributed by atoms with van der Waals surface area (Å²) in [6.45, 7) is -0.282. The van der Waals surface area contributed by atoms with E-state index >= 15 is 0 Å². The predicted octanol–water partition coefficient (Wildman–Crippen LogP) is 2.57. The number of hydrogen-bond acceptors (Lipinski definition) is 4. The molecular formula is C12H17F3N2O2S2. The second-order valence-electron chi connectivity index (χ2n) is 4.24. The molecule has 0 saturated heterocycles. The Kier molecular flexibility index (Phi) is 6.36. The van der Waals surface area contributed by atoms with Gasteiger partial charge in [-0.1, -0.05) is 19.1 Å². The summed E-state index contributed by atoms with van der Waals surface area (Å²) in [7, 11) is -3.94. The third-order valence-electron chi connectivity index (χ3n) is 2.62. The quantitative estimate of drug-likeness (QED) is 0.611. The molecular weight excluding hydrogens is 325 g/mol. The molecule has 0 radical (unpaired) electrons. The van der Waals surface area contributed by atoms with Crippen molar-refractivity contribution >= 4 is 27.5 Å². The monoisotopic (exact) mass is 342 g/mol. The van der Waals surface area contributed by atoms with Crippen LogP contribution >= 0.6 is 11.8 Å². The average Bonchev–Trinajstić information content (AvgIpc) is 2.37. The van der Waals surface area contributed by atoms with E-state index < -0.39 is 22.7 Å². The van der Waals surface area contributed by atoms with Crippen molar-refractivity contribution in [3.63, 3.8) is 0 Å². The van der Waals surface area contributed by atoms with Gasteiger partial charge in [0.15, 0.2) is 0 Å². The average molecular weight is 342 g/mol. The molecule has 0 amide bonds. The first-order valence-electron chi connectivity index (χ1n) is 6.17. The molecule has 9 heteroatoms. The number of rotatable bonds is 7. The molecule has 1 rings (SSSR count). The molecule has 0 spiro atoms. The van der Waals surface area contributed by atoms with Crippen LogP contribution in [0.5, 0.6) is 0 Å². The second-order valence-corrected chi connectivity index (χ2v) is 7.47. The molecule has 120 valence electrons. The van der Waals surface area contributed by atoms with Gasteiger partial charge in [-0.05, 0) is 12.1 Å². The highest BCUT2D eigenvalue weighted by molar-refractivity contribution is 8.00. The van der Waals surface area contributed by atoms with Crippen molar-refractivity contribution in [2.24, 2.45) is 0 Å². The van der Waals surface area contributed by atoms with Crippen molar-refractivity contribution in [1.29, 1.82) is 0 Å². The molecule has 2 N–H and O–H groups in total. The topological polar surface area (TPSA) is 63.4 Å². The summed E-state index contributed by atoms with van der Waals surface area (Å²) in [6.07, 6.45) is -4.54. The zero-order valence-corrected chi connectivity index (χ0v) is 13.1. The Balaban J connectivity index is 2.62. The minimum Gasteiger partial charge on any atom is -0.398 e. The van der Waals surface area contributed by atoms with Gasteiger partial charge in [0.05, 0.1) is 5.75 Å². The van der Waals surface area contributed by atoms with Gasteiger partial charge in [-0.2, -0.15) is 17.5 Å². The van der Waals surface area contributed by atoms with Crippen LogP contribution < -0.4 is 5.73 Å². The van der Waals surface area contributed by atoms with E-state index in [-0.39, 0.29) is 18.1 Å². The maximum atomic E-state index is 12.3. The molecule has 0 bridgehead atoms. The van der Waals surface area contributed by atoms with Gasteiger partial charge in [0.25, 0.3) is 0 Å². The Morgan fingerprint density at radius 3 is 2.43 bits per heavy atom. The minimum atomic E-state index is -4.54. The molecule has 1 aromatic rings. The van der Waals surface area contributed by atoms with Gasteiger partial charge in [-0.15, -0.1) is 11.8 Å². The molecule has 0 saturated carbocycles. The summed E-state index contributed by atoms with van der Waals surface area (Å²) in [5, 5.41) is 0. The first-order valence-corrected chi connectivity index (χ1v) is 8.77. The van der Waals surface area contributed by atoms with Crippen LogP contribution in [0.1, 0.15) is 6.92 Å². The molecule has 1 aromatic carbocycles. The van der Waals surface area contributed by atoms with Crippen LogP contribution in [-0.4, -0.2) is 43.5 Å². The number of anilines is 1. The van der Waals surface area contributed by atoms with Gasteiger partial charge < -0.3 is 5.73 Å². The van der Waals surface area contributed by atoms with E-state index in [0.29, 0.717) is 14.9 Å². The van der Waals surface area contributed by atoms with Gasteiger partial charge in [0.2, 0.25) is 10.0 Å². The lowest BCUT2D eigenvalue weighted by Crippen LogP contribution is -2.40. The van der Waals surface area contributed by atoms with E-state index in [2.05, 4.69) is 0 Å². The number of nitrogens with two attached hydrogens (primary N) is 1. The Labute approximate surface area is 126 Å². The van der Waals surface area contributed by atoms with Crippen LogP contribution in [0.15, 0.2) is 29.2 Å². The summed E-state index contributed by atoms with van der Waals surface area (Å²) >= 11 is 1.21. The molecule has 21 heavy (non-hydrogen) atoms. The largest absolute Gasteiger partial charge is 0.402 e. The highest BCUT2D eigenvalue weighted by atomic mass is 32.2. The fraction of sp³-hybridized carbons (Fsp3) is 0.500. The SMILES string of the molecule is CCN(CC(F)(F)F)S(=O)(=O)CCSc1ccccc1N. The van der Waals surface area contributed by atoms with Crippen LogP contribution in [-0.2, 0) is 10.0 Å². The fourth-order valence-electron chi connectivity index (χ4n) is 1.60. The molecule has 0 aliphatic rings. The summed E-state index contributed by atoms with van der Waals surface area (Å²) in [6, 6.07) is 6.92. The van der Waals surface area contributed by atoms with Crippen LogP contribution in [0.3, 0.4) is 0 Å². The second kappa shape index (κ2) is 7.37. The van der Waals surface area contributed by atoms with Crippen molar-refractivity contribution in [3.05, 3.63) is 24.3 Å². The number of nitrogens with zero attached hydrogens (tertiary/aromatic N) is 1. The van der Waals surface area contributed by atoms with Crippen molar-refractivity contribution in [2.75, 3.05) is 30.3 Å². The summed E-state index contributed by atoms with van der Waals surface area (Å²) in [4.78, 5) is 0.714. The lowest BCUT2D eigenvalue weighted by atomic mass is 10.3. The van der Waals surface area contributed by atoms with Crippen molar-refractivity contribution < 1.29 is 21.6 Å². The number of sulfonamides is 1. The Morgan fingerprint density at radius 2 is 1.90 bits per heavy atom. The lowest BCUT2D eigenvalue weighted by Gasteiger charge is -2.21. The number of nitrogen functional groups attached to an aromatic ring is 1. The third kappa shape index (κ3) is 6.15. The first kappa shape index (κ1) is 18.1. The van der Waals surface area contributed by atoms with Crippen LogP contribution in [0.4, 0.5) is 18.9 Å². The maximum Gasteiger partial charge on any atom is 0.402 e. The summed E-state index contributed by atoms with van der Waals surface area (Å²) in [5.41, 5.74) is 6.23. The lowest BCUT2D eigenvalue weighted by molar-refractivity contribution is -0.135. The Bertz CT molecular complexity index is 562. The predicted molar refractivity (Wildman–Crippen MR) is 78.7 cm³/mol. The number of alkyl halides is 3. The Hall–Kier alpha value is -0.930. The van der Waals surface area contributed by atoms with Crippen molar-refractivity contribution in [3.8, 4) is 0 Å². The van der Waals surface area contributed by atoms with E-state index in [1.165, 1.54) is 18.7 Å². The van der Waals surface area contributed by atoms with Crippen LogP contribution in [0.2, 0.25) is 0 Å². The van der Waals surface area contributed by atoms with Gasteiger partial charge >= 0.3 is 6.18 Å². The van der Waals surface area contributed by atoms with Gasteiger partial charge in [-0.25, -0.2) is 8.42 Å². The van der Waals surface area contributed by atoms with E-state index in [1.807, 2.05) is 0 Å². The van der Waals surface area contributed by atoms with E-state index in [9.17, 15) is 21.6 Å². The Morgan fingerprint density at radius 1 is 1.29 bits per heavy atom. The molecule has 0 unspecified atom stereocenters. The zero-order valence-electron chi connectivity index (χ0n) is 11.4. The van der Waals surface area contributed by atoms with Crippen molar-refractivity contribution in [1.82, 2.24) is 4.31 Å². The molecule has 0 fully saturated rings. The number of halogens is 3. The number of para-hydroxylation sites is 1. The first-order chi connectivity index (χ1) is 9.65. The van der Waals surface area contributed by atoms with E-state index in [1.54, 1.807) is 24.3 Å². The fourth-order valence-corrected chi connectivity index (χ4v) is 4.40. The highest BCUT2D eigenvalue weighted by Gasteiger charge is 2.35. The standard InChI is InChI=1S/C12H17F3N2O2S2/c1-2-17(9-12(13,14)15)21(18,19)8-7-20-11-6-4-3-5-10(11)16/h3-6H,2,7-9,16H2,1H3. The normalized spacial score (nSPS) is 12.8. The van der Waals surface area contributed by atoms with Crippen LogP contribution in [0, 0.1) is 0 Å². The highest BCUT2D eigenvalue weighted by Crippen LogP contribution is 2.25. The summed E-state index contributed by atoms with van der Waals surface area (Å²) in [5.74, 6) is -0.221. The van der Waals surface area contributed by atoms with Gasteiger partial charge in [0, 0.05) is 22.9 Å². The van der Waals surface area contributed by atoms with Crippen molar-refractivity contribution in [2.45, 2.75) is 18.0 Å². The smallest absolute Gasteiger partial charge is 0.398 e. The minimum absolute atomic E-state index is 0.144. The molecule has 0 heterocycles. The van der Waals surface area contributed by atoms with Gasteiger partial charge in [0.1, 0.15) is 6.54 Å². The van der Waals surface area contributed by atoms with Gasteiger partial charge in [-0.3, -0.25) is 0 Å². The van der Waals surface area contributed by atoms with E-state index in [0.717, 1.165) is 0 Å². The molecule has 0 aliphatic heterocycles. The number of hydrogen-bond donors (Lipinski definition) is 1. The maximum absolute atomic E-state index is 12.3. The molecule has 0 aromatic heterocycles. The molecule has 4 nitrogen and oxygen atoms in total. The third-order valence-corrected chi connectivity index (χ3v) is 5.86. The van der Waals surface area contributed by atoms with Crippen LogP contribution in [0.25, 0.3) is 0 Å². The number of thioether (sulfide) groups is 1.